The molecule has 1 fully saturated rings. The first-order chi connectivity index (χ1) is 13.1. The van der Waals surface area contributed by atoms with Crippen LogP contribution < -0.4 is 10.4 Å². The second-order valence-electron chi connectivity index (χ2n) is 6.47. The highest BCUT2D eigenvalue weighted by Gasteiger charge is 2.34. The molecule has 0 bridgehead atoms. The Balaban J connectivity index is 1.69. The molecule has 1 saturated heterocycles. The molecule has 6 nitrogen and oxygen atoms in total. The van der Waals surface area contributed by atoms with E-state index >= 15 is 0 Å². The van der Waals surface area contributed by atoms with Crippen molar-refractivity contribution in [3.63, 3.8) is 0 Å². The number of nitrogens with zero attached hydrogens (tertiary/aromatic N) is 1. The first kappa shape index (κ1) is 20.4. The molecule has 1 aromatic carbocycles. The molecule has 0 amide bonds. The summed E-state index contributed by atoms with van der Waals surface area (Å²) in [5.41, 5.74) is -1.55. The summed E-state index contributed by atoms with van der Waals surface area (Å²) < 4.78 is 75.7. The van der Waals surface area contributed by atoms with Gasteiger partial charge in [-0.15, -0.1) is 0 Å². The Hall–Kier alpha value is -2.33. The molecule has 0 atom stereocenters. The minimum absolute atomic E-state index is 0.101. The number of piperidine rings is 1. The Morgan fingerprint density at radius 2 is 1.82 bits per heavy atom. The van der Waals surface area contributed by atoms with E-state index in [2.05, 4.69) is 0 Å². The van der Waals surface area contributed by atoms with Gasteiger partial charge in [0, 0.05) is 19.2 Å². The maximum atomic E-state index is 12.9. The maximum absolute atomic E-state index is 12.9. The Bertz CT molecular complexity index is 1010. The van der Waals surface area contributed by atoms with Crippen LogP contribution >= 0.6 is 0 Å². The Labute approximate surface area is 159 Å². The van der Waals surface area contributed by atoms with Gasteiger partial charge in [0.1, 0.15) is 17.6 Å². The number of hydrogen-bond donors (Lipinski definition) is 0. The van der Waals surface area contributed by atoms with Crippen LogP contribution in [0.5, 0.6) is 5.75 Å². The molecular formula is C18H18F3NO5S. The number of hydrogen-bond acceptors (Lipinski definition) is 5. The normalized spacial score (nSPS) is 16.9. The molecule has 1 aromatic heterocycles. The molecule has 0 aliphatic carbocycles. The number of alkyl halides is 3. The van der Waals surface area contributed by atoms with Crippen LogP contribution in [0.2, 0.25) is 0 Å². The van der Waals surface area contributed by atoms with Crippen molar-refractivity contribution in [1.29, 1.82) is 0 Å². The summed E-state index contributed by atoms with van der Waals surface area (Å²) in [6.07, 6.45) is -4.24. The summed E-state index contributed by atoms with van der Waals surface area (Å²) in [5, 5.41) is 0. The van der Waals surface area contributed by atoms with Crippen LogP contribution in [0, 0.1) is 6.92 Å². The summed E-state index contributed by atoms with van der Waals surface area (Å²) in [5.74, 6) is 0.736. The van der Waals surface area contributed by atoms with Gasteiger partial charge < -0.3 is 9.15 Å². The van der Waals surface area contributed by atoms with E-state index in [0.29, 0.717) is 30.4 Å². The van der Waals surface area contributed by atoms with Crippen LogP contribution in [0.25, 0.3) is 0 Å². The molecule has 152 valence electrons. The number of benzene rings is 1. The van der Waals surface area contributed by atoms with Crippen LogP contribution in [0.3, 0.4) is 0 Å². The first-order valence-electron chi connectivity index (χ1n) is 8.51. The third-order valence-electron chi connectivity index (χ3n) is 4.37. The van der Waals surface area contributed by atoms with Crippen LogP contribution in [0.15, 0.2) is 50.5 Å². The van der Waals surface area contributed by atoms with Gasteiger partial charge in [0.05, 0.1) is 16.5 Å². The van der Waals surface area contributed by atoms with Gasteiger partial charge in [-0.2, -0.15) is 17.5 Å². The van der Waals surface area contributed by atoms with Gasteiger partial charge in [-0.05, 0) is 38.0 Å². The van der Waals surface area contributed by atoms with Crippen molar-refractivity contribution in [1.82, 2.24) is 4.31 Å². The summed E-state index contributed by atoms with van der Waals surface area (Å²) >= 11 is 0. The predicted molar refractivity (Wildman–Crippen MR) is 93.6 cm³/mol. The molecular weight excluding hydrogens is 399 g/mol. The molecule has 0 spiro atoms. The quantitative estimate of drug-likeness (QED) is 0.764. The van der Waals surface area contributed by atoms with Crippen molar-refractivity contribution in [3.05, 3.63) is 58.1 Å². The van der Waals surface area contributed by atoms with E-state index in [1.54, 1.807) is 13.0 Å². The third-order valence-corrected chi connectivity index (χ3v) is 6.26. The van der Waals surface area contributed by atoms with E-state index in [1.807, 2.05) is 0 Å². The van der Waals surface area contributed by atoms with Crippen molar-refractivity contribution in [2.45, 2.75) is 36.9 Å². The Kier molecular flexibility index (Phi) is 5.53. The monoisotopic (exact) mass is 417 g/mol. The largest absolute Gasteiger partial charge is 0.490 e. The summed E-state index contributed by atoms with van der Waals surface area (Å²) in [7, 11) is -4.04. The van der Waals surface area contributed by atoms with E-state index in [-0.39, 0.29) is 19.2 Å². The lowest BCUT2D eigenvalue weighted by atomic mass is 10.1. The Morgan fingerprint density at radius 3 is 2.43 bits per heavy atom. The van der Waals surface area contributed by atoms with Gasteiger partial charge in [-0.25, -0.2) is 13.2 Å². The molecule has 1 aliphatic heterocycles. The number of aryl methyl sites for hydroxylation is 1. The van der Waals surface area contributed by atoms with Crippen molar-refractivity contribution in [3.8, 4) is 5.75 Å². The molecule has 0 radical (unpaired) electrons. The number of rotatable bonds is 4. The molecule has 2 aromatic rings. The molecule has 2 heterocycles. The molecule has 10 heteroatoms. The average Bonchev–Trinajstić information content (AvgIpc) is 2.61. The lowest BCUT2D eigenvalue weighted by Gasteiger charge is -2.31. The van der Waals surface area contributed by atoms with Gasteiger partial charge in [0.2, 0.25) is 10.0 Å². The van der Waals surface area contributed by atoms with E-state index in [9.17, 15) is 26.4 Å². The smallest absolute Gasteiger partial charge is 0.416 e. The lowest BCUT2D eigenvalue weighted by molar-refractivity contribution is -0.137. The fraction of sp³-hybridized carbons (Fsp3) is 0.389. The molecule has 0 saturated carbocycles. The summed E-state index contributed by atoms with van der Waals surface area (Å²) in [6, 6.07) is 6.47. The summed E-state index contributed by atoms with van der Waals surface area (Å²) in [6.45, 7) is 1.81. The van der Waals surface area contributed by atoms with E-state index < -0.39 is 32.3 Å². The van der Waals surface area contributed by atoms with Crippen LogP contribution in [-0.2, 0) is 16.2 Å². The van der Waals surface area contributed by atoms with E-state index in [1.165, 1.54) is 6.07 Å². The fourth-order valence-electron chi connectivity index (χ4n) is 3.01. The van der Waals surface area contributed by atoms with Crippen molar-refractivity contribution in [2.24, 2.45) is 0 Å². The Morgan fingerprint density at radius 1 is 1.14 bits per heavy atom. The average molecular weight is 417 g/mol. The topological polar surface area (TPSA) is 76.8 Å². The number of halogens is 3. The molecule has 28 heavy (non-hydrogen) atoms. The second-order valence-corrected chi connectivity index (χ2v) is 8.41. The van der Waals surface area contributed by atoms with Gasteiger partial charge in [0.25, 0.3) is 0 Å². The zero-order valence-corrected chi connectivity index (χ0v) is 15.7. The molecule has 3 rings (SSSR count). The minimum Gasteiger partial charge on any atom is -0.490 e. The van der Waals surface area contributed by atoms with E-state index in [0.717, 1.165) is 22.5 Å². The van der Waals surface area contributed by atoms with Crippen molar-refractivity contribution >= 4 is 10.0 Å². The molecule has 0 unspecified atom stereocenters. The van der Waals surface area contributed by atoms with Crippen LogP contribution in [-0.4, -0.2) is 31.9 Å². The highest BCUT2D eigenvalue weighted by Crippen LogP contribution is 2.31. The third kappa shape index (κ3) is 4.56. The highest BCUT2D eigenvalue weighted by atomic mass is 32.2. The fourth-order valence-corrected chi connectivity index (χ4v) is 4.52. The second kappa shape index (κ2) is 7.59. The maximum Gasteiger partial charge on any atom is 0.416 e. The van der Waals surface area contributed by atoms with Crippen LogP contribution in [0.4, 0.5) is 13.2 Å². The zero-order chi connectivity index (χ0) is 20.5. The van der Waals surface area contributed by atoms with Gasteiger partial charge in [0.15, 0.2) is 0 Å². The zero-order valence-electron chi connectivity index (χ0n) is 14.9. The highest BCUT2D eigenvalue weighted by molar-refractivity contribution is 7.89. The first-order valence-corrected chi connectivity index (χ1v) is 9.95. The number of ether oxygens (including phenoxy) is 1. The molecule has 0 N–H and O–H groups in total. The van der Waals surface area contributed by atoms with Gasteiger partial charge >= 0.3 is 11.8 Å². The lowest BCUT2D eigenvalue weighted by Crippen LogP contribution is -2.41. The van der Waals surface area contributed by atoms with Crippen molar-refractivity contribution in [2.75, 3.05) is 13.1 Å². The minimum atomic E-state index is -4.62. The summed E-state index contributed by atoms with van der Waals surface area (Å²) in [4.78, 5) is 11.0. The van der Waals surface area contributed by atoms with Gasteiger partial charge in [-0.3, -0.25) is 0 Å². The predicted octanol–water partition coefficient (Wildman–Crippen LogP) is 3.20. The standard InChI is InChI=1S/C18H18F3NO5S/c1-12-9-15(11-17(23)26-12)27-14-5-7-22(8-6-14)28(24,25)16-4-2-3-13(10-16)18(19,20)21/h2-4,9-11,14H,5-8H2,1H3. The van der Waals surface area contributed by atoms with Crippen LogP contribution in [0.1, 0.15) is 24.2 Å². The number of sulfonamides is 1. The van der Waals surface area contributed by atoms with E-state index in [4.69, 9.17) is 9.15 Å². The SMILES string of the molecule is Cc1cc(OC2CCN(S(=O)(=O)c3cccc(C(F)(F)F)c3)CC2)cc(=O)o1. The molecule has 1 aliphatic rings. The van der Waals surface area contributed by atoms with Gasteiger partial charge in [-0.1, -0.05) is 6.07 Å². The van der Waals surface area contributed by atoms with Crippen molar-refractivity contribution < 1.29 is 30.7 Å².